The molecule has 0 aliphatic heterocycles. The number of rotatable bonds is 12. The highest BCUT2D eigenvalue weighted by Crippen LogP contribution is 2.25. The number of benzene rings is 1. The molecular formula is C26H39N3O6S. The van der Waals surface area contributed by atoms with Crippen LogP contribution < -0.4 is 10.6 Å². The lowest BCUT2D eigenvalue weighted by atomic mass is 9.98. The second-order valence-electron chi connectivity index (χ2n) is 9.25. The number of hydrogen-bond donors (Lipinski definition) is 3. The van der Waals surface area contributed by atoms with Crippen LogP contribution in [-0.2, 0) is 23.9 Å². The number of ether oxygens (including phenoxy) is 2. The van der Waals surface area contributed by atoms with Gasteiger partial charge >= 0.3 is 12.1 Å². The molecule has 0 saturated carbocycles. The summed E-state index contributed by atoms with van der Waals surface area (Å²) in [5, 5.41) is 5.27. The van der Waals surface area contributed by atoms with Crippen molar-refractivity contribution in [1.82, 2.24) is 15.5 Å². The highest BCUT2D eigenvalue weighted by atomic mass is 32.1. The summed E-state index contributed by atoms with van der Waals surface area (Å²) in [6.07, 6.45) is 0.727. The van der Waals surface area contributed by atoms with Crippen molar-refractivity contribution in [3.8, 4) is 0 Å². The maximum atomic E-state index is 13.6. The molecule has 10 heteroatoms. The molecule has 3 amide bonds. The molecule has 0 saturated heterocycles. The van der Waals surface area contributed by atoms with Gasteiger partial charge in [-0.25, -0.2) is 4.79 Å². The van der Waals surface area contributed by atoms with Crippen LogP contribution in [0.25, 0.3) is 0 Å². The SMILES string of the molecule is C=CCN(C(=O)C(CS)NC(=O)OC(C)(C)C)C(C(=O)NCCC(=O)OCC)c1ccc(C)c(C)c1. The van der Waals surface area contributed by atoms with E-state index >= 15 is 0 Å². The van der Waals surface area contributed by atoms with Gasteiger partial charge in [0.15, 0.2) is 0 Å². The van der Waals surface area contributed by atoms with Crippen LogP contribution in [0, 0.1) is 13.8 Å². The van der Waals surface area contributed by atoms with Crippen LogP contribution in [0.4, 0.5) is 4.79 Å². The van der Waals surface area contributed by atoms with Gasteiger partial charge in [-0.3, -0.25) is 14.4 Å². The van der Waals surface area contributed by atoms with Crippen molar-refractivity contribution >= 4 is 36.5 Å². The van der Waals surface area contributed by atoms with E-state index in [1.165, 1.54) is 11.0 Å². The summed E-state index contributed by atoms with van der Waals surface area (Å²) in [5.41, 5.74) is 1.80. The first-order valence-corrected chi connectivity index (χ1v) is 12.5. The Balaban J connectivity index is 3.30. The number of aryl methyl sites for hydroxylation is 2. The molecule has 9 nitrogen and oxygen atoms in total. The van der Waals surface area contributed by atoms with E-state index < -0.39 is 41.6 Å². The number of amides is 3. The molecule has 2 atom stereocenters. The van der Waals surface area contributed by atoms with E-state index in [0.29, 0.717) is 5.56 Å². The molecule has 0 aromatic heterocycles. The molecule has 200 valence electrons. The average Bonchev–Trinajstić information content (AvgIpc) is 2.78. The third-order valence-electron chi connectivity index (χ3n) is 5.12. The second kappa shape index (κ2) is 14.5. The van der Waals surface area contributed by atoms with Crippen molar-refractivity contribution in [2.75, 3.05) is 25.4 Å². The van der Waals surface area contributed by atoms with Crippen molar-refractivity contribution in [2.24, 2.45) is 0 Å². The zero-order valence-corrected chi connectivity index (χ0v) is 22.9. The molecule has 2 unspecified atom stereocenters. The van der Waals surface area contributed by atoms with Gasteiger partial charge in [-0.2, -0.15) is 12.6 Å². The molecule has 0 radical (unpaired) electrons. The van der Waals surface area contributed by atoms with Gasteiger partial charge in [-0.1, -0.05) is 24.3 Å². The Morgan fingerprint density at radius 3 is 2.36 bits per heavy atom. The summed E-state index contributed by atoms with van der Waals surface area (Å²) in [6, 6.07) is 3.39. The van der Waals surface area contributed by atoms with Gasteiger partial charge in [0.05, 0.1) is 13.0 Å². The van der Waals surface area contributed by atoms with Crippen molar-refractivity contribution in [2.45, 2.75) is 65.6 Å². The molecular weight excluding hydrogens is 482 g/mol. The lowest BCUT2D eigenvalue weighted by Gasteiger charge is -2.33. The first-order chi connectivity index (χ1) is 16.8. The van der Waals surface area contributed by atoms with Gasteiger partial charge in [0.25, 0.3) is 0 Å². The molecule has 0 spiro atoms. The van der Waals surface area contributed by atoms with Crippen LogP contribution in [0.1, 0.15) is 56.8 Å². The van der Waals surface area contributed by atoms with E-state index in [1.807, 2.05) is 26.0 Å². The van der Waals surface area contributed by atoms with E-state index in [-0.39, 0.29) is 31.9 Å². The lowest BCUT2D eigenvalue weighted by Crippen LogP contribution is -2.54. The second-order valence-corrected chi connectivity index (χ2v) is 9.62. The fourth-order valence-corrected chi connectivity index (χ4v) is 3.57. The minimum Gasteiger partial charge on any atom is -0.466 e. The number of alkyl carbamates (subject to hydrolysis) is 1. The summed E-state index contributed by atoms with van der Waals surface area (Å²) in [5.74, 6) is -1.46. The molecule has 0 aliphatic rings. The van der Waals surface area contributed by atoms with E-state index in [2.05, 4.69) is 29.8 Å². The van der Waals surface area contributed by atoms with Gasteiger partial charge < -0.3 is 25.0 Å². The van der Waals surface area contributed by atoms with E-state index in [4.69, 9.17) is 9.47 Å². The van der Waals surface area contributed by atoms with Crippen LogP contribution in [0.15, 0.2) is 30.9 Å². The van der Waals surface area contributed by atoms with Gasteiger partial charge in [0, 0.05) is 18.8 Å². The number of nitrogens with zero attached hydrogens (tertiary/aromatic N) is 1. The Bertz CT molecular complexity index is 944. The molecule has 36 heavy (non-hydrogen) atoms. The number of carbonyl (C=O) groups is 4. The summed E-state index contributed by atoms with van der Waals surface area (Å²) in [4.78, 5) is 52.4. The first-order valence-electron chi connectivity index (χ1n) is 11.9. The smallest absolute Gasteiger partial charge is 0.408 e. The van der Waals surface area contributed by atoms with Crippen molar-refractivity contribution in [3.05, 3.63) is 47.5 Å². The summed E-state index contributed by atoms with van der Waals surface area (Å²) < 4.78 is 10.2. The minimum atomic E-state index is -1.05. The molecule has 1 rings (SSSR count). The highest BCUT2D eigenvalue weighted by molar-refractivity contribution is 7.80. The van der Waals surface area contributed by atoms with Crippen molar-refractivity contribution < 1.29 is 28.7 Å². The van der Waals surface area contributed by atoms with Gasteiger partial charge in [-0.15, -0.1) is 6.58 Å². The van der Waals surface area contributed by atoms with Crippen LogP contribution in [0.3, 0.4) is 0 Å². The summed E-state index contributed by atoms with van der Waals surface area (Å²) in [6.45, 7) is 14.7. The lowest BCUT2D eigenvalue weighted by molar-refractivity contribution is -0.144. The molecule has 2 N–H and O–H groups in total. The van der Waals surface area contributed by atoms with Crippen LogP contribution >= 0.6 is 12.6 Å². The Hall–Kier alpha value is -3.01. The number of carbonyl (C=O) groups excluding carboxylic acids is 4. The minimum absolute atomic E-state index is 0.00586. The monoisotopic (exact) mass is 521 g/mol. The van der Waals surface area contributed by atoms with E-state index in [0.717, 1.165) is 11.1 Å². The fourth-order valence-electron chi connectivity index (χ4n) is 3.32. The first kappa shape index (κ1) is 31.0. The highest BCUT2D eigenvalue weighted by Gasteiger charge is 2.35. The van der Waals surface area contributed by atoms with Crippen molar-refractivity contribution in [1.29, 1.82) is 0 Å². The number of hydrogen-bond acceptors (Lipinski definition) is 7. The maximum Gasteiger partial charge on any atom is 0.408 e. The molecule has 0 bridgehead atoms. The van der Waals surface area contributed by atoms with Crippen LogP contribution in [-0.4, -0.2) is 65.9 Å². The van der Waals surface area contributed by atoms with Crippen LogP contribution in [0.5, 0.6) is 0 Å². The molecule has 1 aromatic carbocycles. The predicted octanol–water partition coefficient (Wildman–Crippen LogP) is 3.25. The quantitative estimate of drug-likeness (QED) is 0.221. The molecule has 0 fully saturated rings. The molecule has 0 heterocycles. The average molecular weight is 522 g/mol. The largest absolute Gasteiger partial charge is 0.466 e. The molecule has 0 aliphatic carbocycles. The maximum absolute atomic E-state index is 13.6. The standard InChI is InChI=1S/C26H39N3O6S/c1-8-14-29(24(32)20(16-36)28-25(33)35-26(5,6)7)22(19-11-10-17(3)18(4)15-19)23(31)27-13-12-21(30)34-9-2/h8,10-11,15,20,22,36H,1,9,12-14,16H2,2-7H3,(H,27,31)(H,28,33). The van der Waals surface area contributed by atoms with Crippen LogP contribution in [0.2, 0.25) is 0 Å². The Kier molecular flexibility index (Phi) is 12.5. The third kappa shape index (κ3) is 9.93. The van der Waals surface area contributed by atoms with Crippen molar-refractivity contribution in [3.63, 3.8) is 0 Å². The topological polar surface area (TPSA) is 114 Å². The predicted molar refractivity (Wildman–Crippen MR) is 142 cm³/mol. The number of thiol groups is 1. The zero-order valence-electron chi connectivity index (χ0n) is 22.1. The Morgan fingerprint density at radius 2 is 1.83 bits per heavy atom. The number of esters is 1. The Morgan fingerprint density at radius 1 is 1.17 bits per heavy atom. The zero-order chi connectivity index (χ0) is 27.5. The summed E-state index contributed by atoms with van der Waals surface area (Å²) in [7, 11) is 0. The van der Waals surface area contributed by atoms with Gasteiger partial charge in [0.1, 0.15) is 17.7 Å². The fraction of sp³-hybridized carbons (Fsp3) is 0.538. The van der Waals surface area contributed by atoms with E-state index in [9.17, 15) is 19.2 Å². The number of nitrogens with one attached hydrogen (secondary N) is 2. The van der Waals surface area contributed by atoms with Gasteiger partial charge in [-0.05, 0) is 58.2 Å². The third-order valence-corrected chi connectivity index (χ3v) is 5.49. The van der Waals surface area contributed by atoms with Gasteiger partial charge in [0.2, 0.25) is 11.8 Å². The molecule has 1 aromatic rings. The Labute approximate surface area is 219 Å². The summed E-state index contributed by atoms with van der Waals surface area (Å²) >= 11 is 4.24. The normalized spacial score (nSPS) is 12.6. The van der Waals surface area contributed by atoms with E-state index in [1.54, 1.807) is 33.8 Å².